The first-order valence-corrected chi connectivity index (χ1v) is 11.7. The number of nitro groups is 1. The second-order valence-corrected chi connectivity index (χ2v) is 8.93. The number of alkyl halides is 3. The predicted molar refractivity (Wildman–Crippen MR) is 132 cm³/mol. The van der Waals surface area contributed by atoms with Crippen molar-refractivity contribution < 1.29 is 41.6 Å². The third-order valence-corrected chi connectivity index (χ3v) is 6.08. The van der Waals surface area contributed by atoms with Gasteiger partial charge in [0.2, 0.25) is 11.7 Å². The Hall–Kier alpha value is -4.72. The molecule has 0 saturated carbocycles. The van der Waals surface area contributed by atoms with Crippen molar-refractivity contribution in [1.82, 2.24) is 4.90 Å². The van der Waals surface area contributed by atoms with E-state index in [0.29, 0.717) is 29.5 Å². The van der Waals surface area contributed by atoms with Gasteiger partial charge in [-0.05, 0) is 71.9 Å². The maximum Gasteiger partial charge on any atom is 0.416 e. The molecule has 9 nitrogen and oxygen atoms in total. The predicted octanol–water partition coefficient (Wildman–Crippen LogP) is 6.22. The van der Waals surface area contributed by atoms with Crippen LogP contribution in [0.1, 0.15) is 11.1 Å². The van der Waals surface area contributed by atoms with Gasteiger partial charge in [0, 0.05) is 11.8 Å². The average Bonchev–Trinajstić information content (AvgIpc) is 3.12. The standard InChI is InChI=1S/C25H15F4N3O6S/c26-16-5-7-17(8-6-16)30-22(33)13-31-23(34)21(39-24(31)35)11-14-2-1-3-18(10-14)38-20-9-4-15(25(27,28)29)12-19(20)32(36)37/h1-12H,13H2,(H,30,33)/b21-11+. The lowest BCUT2D eigenvalue weighted by atomic mass is 10.1. The third-order valence-electron chi connectivity index (χ3n) is 5.17. The Morgan fingerprint density at radius 2 is 1.79 bits per heavy atom. The SMILES string of the molecule is O=C(CN1C(=O)S/C(=C/c2cccc(Oc3ccc(C(F)(F)F)cc3[N+](=O)[O-])c2)C1=O)Nc1ccc(F)cc1. The van der Waals surface area contributed by atoms with E-state index in [2.05, 4.69) is 5.32 Å². The number of halogens is 4. The summed E-state index contributed by atoms with van der Waals surface area (Å²) < 4.78 is 57.3. The fraction of sp³-hybridized carbons (Fsp3) is 0.0800. The zero-order valence-corrected chi connectivity index (χ0v) is 20.2. The highest BCUT2D eigenvalue weighted by molar-refractivity contribution is 8.18. The lowest BCUT2D eigenvalue weighted by Crippen LogP contribution is -2.36. The highest BCUT2D eigenvalue weighted by Gasteiger charge is 2.36. The van der Waals surface area contributed by atoms with E-state index in [9.17, 15) is 42.1 Å². The first-order chi connectivity index (χ1) is 18.4. The van der Waals surface area contributed by atoms with Crippen molar-refractivity contribution in [3.05, 3.63) is 98.7 Å². The molecule has 200 valence electrons. The van der Waals surface area contributed by atoms with Gasteiger partial charge in [-0.1, -0.05) is 12.1 Å². The van der Waals surface area contributed by atoms with E-state index in [-0.39, 0.29) is 16.3 Å². The van der Waals surface area contributed by atoms with Gasteiger partial charge in [0.25, 0.3) is 11.1 Å². The van der Waals surface area contributed by atoms with Crippen molar-refractivity contribution in [2.24, 2.45) is 0 Å². The highest BCUT2D eigenvalue weighted by Crippen LogP contribution is 2.38. The number of hydrogen-bond donors (Lipinski definition) is 1. The highest BCUT2D eigenvalue weighted by atomic mass is 32.2. The zero-order valence-electron chi connectivity index (χ0n) is 19.4. The van der Waals surface area contributed by atoms with Crippen LogP contribution in [0.3, 0.4) is 0 Å². The second kappa shape index (κ2) is 10.9. The Morgan fingerprint density at radius 1 is 1.08 bits per heavy atom. The molecule has 14 heteroatoms. The van der Waals surface area contributed by atoms with Crippen LogP contribution in [0.2, 0.25) is 0 Å². The fourth-order valence-corrected chi connectivity index (χ4v) is 4.22. The van der Waals surface area contributed by atoms with Crippen molar-refractivity contribution in [1.29, 1.82) is 0 Å². The van der Waals surface area contributed by atoms with E-state index in [1.807, 2.05) is 0 Å². The number of nitro benzene ring substituents is 1. The fourth-order valence-electron chi connectivity index (χ4n) is 3.38. The molecule has 0 aromatic heterocycles. The van der Waals surface area contributed by atoms with Crippen LogP contribution in [0.5, 0.6) is 11.5 Å². The minimum absolute atomic E-state index is 0.0181. The largest absolute Gasteiger partial charge is 0.450 e. The van der Waals surface area contributed by atoms with Crippen molar-refractivity contribution in [3.8, 4) is 11.5 Å². The van der Waals surface area contributed by atoms with Crippen LogP contribution in [0, 0.1) is 15.9 Å². The van der Waals surface area contributed by atoms with E-state index in [0.717, 1.165) is 23.1 Å². The number of benzene rings is 3. The lowest BCUT2D eigenvalue weighted by Gasteiger charge is -2.12. The van der Waals surface area contributed by atoms with Gasteiger partial charge >= 0.3 is 11.9 Å². The van der Waals surface area contributed by atoms with E-state index in [4.69, 9.17) is 4.74 Å². The van der Waals surface area contributed by atoms with Gasteiger partial charge in [0.05, 0.1) is 15.4 Å². The van der Waals surface area contributed by atoms with Gasteiger partial charge in [-0.2, -0.15) is 13.2 Å². The number of ether oxygens (including phenoxy) is 1. The monoisotopic (exact) mass is 561 g/mol. The molecule has 3 amide bonds. The molecule has 1 fully saturated rings. The molecule has 4 rings (SSSR count). The minimum Gasteiger partial charge on any atom is -0.450 e. The van der Waals surface area contributed by atoms with Crippen molar-refractivity contribution in [2.75, 3.05) is 11.9 Å². The van der Waals surface area contributed by atoms with Crippen LogP contribution in [0.15, 0.2) is 71.6 Å². The number of carbonyl (C=O) groups is 3. The smallest absolute Gasteiger partial charge is 0.416 e. The number of thioether (sulfide) groups is 1. The van der Waals surface area contributed by atoms with Crippen LogP contribution in [0.25, 0.3) is 6.08 Å². The van der Waals surface area contributed by atoms with Gasteiger partial charge in [0.15, 0.2) is 0 Å². The van der Waals surface area contributed by atoms with Crippen LogP contribution in [0.4, 0.5) is 33.7 Å². The Bertz CT molecular complexity index is 1510. The number of imide groups is 1. The third kappa shape index (κ3) is 6.59. The number of amides is 3. The lowest BCUT2D eigenvalue weighted by molar-refractivity contribution is -0.385. The Balaban J connectivity index is 1.48. The molecule has 0 radical (unpaired) electrons. The van der Waals surface area contributed by atoms with Gasteiger partial charge in [0.1, 0.15) is 18.1 Å². The average molecular weight is 561 g/mol. The van der Waals surface area contributed by atoms with Crippen molar-refractivity contribution >= 4 is 46.3 Å². The summed E-state index contributed by atoms with van der Waals surface area (Å²) in [7, 11) is 0. The molecule has 0 unspecified atom stereocenters. The normalized spacial score (nSPS) is 14.6. The minimum atomic E-state index is -4.78. The summed E-state index contributed by atoms with van der Waals surface area (Å²) in [5.74, 6) is -2.35. The topological polar surface area (TPSA) is 119 Å². The van der Waals surface area contributed by atoms with Gasteiger partial charge in [-0.15, -0.1) is 0 Å². The molecule has 1 N–H and O–H groups in total. The van der Waals surface area contributed by atoms with Crippen LogP contribution < -0.4 is 10.1 Å². The molecule has 0 atom stereocenters. The molecule has 1 heterocycles. The molecular formula is C25H15F4N3O6S. The quantitative estimate of drug-likeness (QED) is 0.157. The number of nitrogens with zero attached hydrogens (tertiary/aromatic N) is 2. The van der Waals surface area contributed by atoms with Gasteiger partial charge in [-0.3, -0.25) is 29.4 Å². The Morgan fingerprint density at radius 3 is 2.46 bits per heavy atom. The summed E-state index contributed by atoms with van der Waals surface area (Å²) in [5, 5.41) is 13.1. The number of hydrogen-bond acceptors (Lipinski definition) is 7. The summed E-state index contributed by atoms with van der Waals surface area (Å²) in [6.45, 7) is -0.583. The summed E-state index contributed by atoms with van der Waals surface area (Å²) >= 11 is 0.579. The molecule has 0 spiro atoms. The Kier molecular flexibility index (Phi) is 7.67. The molecule has 39 heavy (non-hydrogen) atoms. The van der Waals surface area contributed by atoms with E-state index >= 15 is 0 Å². The Labute approximate surface area is 221 Å². The van der Waals surface area contributed by atoms with E-state index in [1.165, 1.54) is 42.5 Å². The first kappa shape index (κ1) is 27.3. The van der Waals surface area contributed by atoms with Gasteiger partial charge < -0.3 is 10.1 Å². The number of carbonyl (C=O) groups excluding carboxylic acids is 3. The van der Waals surface area contributed by atoms with Crippen LogP contribution >= 0.6 is 11.8 Å². The number of anilines is 1. The van der Waals surface area contributed by atoms with Crippen molar-refractivity contribution in [3.63, 3.8) is 0 Å². The first-order valence-electron chi connectivity index (χ1n) is 10.8. The molecule has 3 aromatic rings. The van der Waals surface area contributed by atoms with E-state index < -0.39 is 57.5 Å². The second-order valence-electron chi connectivity index (χ2n) is 7.93. The van der Waals surface area contributed by atoms with Gasteiger partial charge in [-0.25, -0.2) is 4.39 Å². The number of nitrogens with one attached hydrogen (secondary N) is 1. The van der Waals surface area contributed by atoms with Crippen molar-refractivity contribution in [2.45, 2.75) is 6.18 Å². The van der Waals surface area contributed by atoms with Crippen LogP contribution in [-0.2, 0) is 15.8 Å². The van der Waals surface area contributed by atoms with Crippen LogP contribution in [-0.4, -0.2) is 33.4 Å². The molecule has 0 bridgehead atoms. The molecule has 0 aliphatic carbocycles. The maximum atomic E-state index is 13.0. The summed E-state index contributed by atoms with van der Waals surface area (Å²) in [4.78, 5) is 48.4. The molecule has 3 aromatic carbocycles. The van der Waals surface area contributed by atoms with E-state index in [1.54, 1.807) is 0 Å². The molecule has 1 saturated heterocycles. The maximum absolute atomic E-state index is 13.0. The summed E-state index contributed by atoms with van der Waals surface area (Å²) in [6, 6.07) is 12.5. The summed E-state index contributed by atoms with van der Waals surface area (Å²) in [5.41, 5.74) is -1.50. The molecule has 1 aliphatic heterocycles. The number of rotatable bonds is 7. The zero-order chi connectivity index (χ0) is 28.3. The molecule has 1 aliphatic rings. The summed E-state index contributed by atoms with van der Waals surface area (Å²) in [6.07, 6.45) is -3.45. The molecular weight excluding hydrogens is 546 g/mol.